The summed E-state index contributed by atoms with van der Waals surface area (Å²) in [6.45, 7) is 4.86. The number of aromatic nitrogens is 1. The number of nitrogens with zero attached hydrogens (tertiary/aromatic N) is 1. The Kier molecular flexibility index (Phi) is 6.25. The van der Waals surface area contributed by atoms with Crippen LogP contribution in [0.1, 0.15) is 30.8 Å². The molecule has 0 saturated carbocycles. The number of halogens is 2. The molecular weight excluding hydrogens is 333 g/mol. The van der Waals surface area contributed by atoms with Gasteiger partial charge in [0.15, 0.2) is 0 Å². The van der Waals surface area contributed by atoms with Crippen LogP contribution in [0, 0.1) is 5.92 Å². The van der Waals surface area contributed by atoms with E-state index in [0.717, 1.165) is 12.1 Å². The van der Waals surface area contributed by atoms with E-state index >= 15 is 0 Å². The van der Waals surface area contributed by atoms with Crippen LogP contribution in [0.4, 0.5) is 11.4 Å². The fourth-order valence-electron chi connectivity index (χ4n) is 1.95. The van der Waals surface area contributed by atoms with Crippen LogP contribution in [0.15, 0.2) is 36.5 Å². The molecule has 122 valence electrons. The van der Waals surface area contributed by atoms with E-state index in [1.165, 1.54) is 0 Å². The molecule has 2 N–H and O–H groups in total. The predicted octanol–water partition coefficient (Wildman–Crippen LogP) is 4.91. The van der Waals surface area contributed by atoms with Crippen molar-refractivity contribution in [3.63, 3.8) is 0 Å². The number of carbonyl (C=O) groups excluding carboxylic acids is 1. The van der Waals surface area contributed by atoms with Gasteiger partial charge in [-0.3, -0.25) is 9.78 Å². The summed E-state index contributed by atoms with van der Waals surface area (Å²) >= 11 is 12.1. The molecule has 0 radical (unpaired) electrons. The van der Waals surface area contributed by atoms with E-state index in [4.69, 9.17) is 23.2 Å². The van der Waals surface area contributed by atoms with Gasteiger partial charge in [0.05, 0.1) is 10.7 Å². The van der Waals surface area contributed by atoms with Crippen molar-refractivity contribution in [3.05, 3.63) is 52.3 Å². The van der Waals surface area contributed by atoms with Gasteiger partial charge in [0.1, 0.15) is 5.69 Å². The van der Waals surface area contributed by atoms with Crippen molar-refractivity contribution in [2.45, 2.75) is 20.3 Å². The van der Waals surface area contributed by atoms with E-state index in [-0.39, 0.29) is 5.91 Å². The van der Waals surface area contributed by atoms with E-state index < -0.39 is 0 Å². The second kappa shape index (κ2) is 8.18. The largest absolute Gasteiger partial charge is 0.354 e. The van der Waals surface area contributed by atoms with Crippen LogP contribution in [0.5, 0.6) is 0 Å². The first-order valence-electron chi connectivity index (χ1n) is 7.42. The van der Waals surface area contributed by atoms with Gasteiger partial charge in [-0.05, 0) is 42.7 Å². The molecule has 1 aromatic heterocycles. The van der Waals surface area contributed by atoms with Gasteiger partial charge < -0.3 is 10.6 Å². The molecule has 0 bridgehead atoms. The van der Waals surface area contributed by atoms with Crippen molar-refractivity contribution < 1.29 is 4.79 Å². The van der Waals surface area contributed by atoms with Crippen molar-refractivity contribution in [1.29, 1.82) is 0 Å². The van der Waals surface area contributed by atoms with E-state index in [1.807, 2.05) is 0 Å². The standard InChI is InChI=1S/C17H19Cl2N3O/c1-11(2)5-7-21-17(23)16-10-13(6-8-20-16)22-15-9-12(18)3-4-14(15)19/h3-4,6,8-11H,5,7H2,1-2H3,(H,20,22)(H,21,23). The number of benzene rings is 1. The highest BCUT2D eigenvalue weighted by molar-refractivity contribution is 6.35. The number of hydrogen-bond donors (Lipinski definition) is 2. The number of pyridine rings is 1. The average molecular weight is 352 g/mol. The van der Waals surface area contributed by atoms with Gasteiger partial charge >= 0.3 is 0 Å². The van der Waals surface area contributed by atoms with Gasteiger partial charge in [-0.25, -0.2) is 0 Å². The van der Waals surface area contributed by atoms with E-state index in [9.17, 15) is 4.79 Å². The zero-order valence-electron chi connectivity index (χ0n) is 13.1. The second-order valence-electron chi connectivity index (χ2n) is 5.62. The summed E-state index contributed by atoms with van der Waals surface area (Å²) < 4.78 is 0. The SMILES string of the molecule is CC(C)CCNC(=O)c1cc(Nc2cc(Cl)ccc2Cl)ccn1. The molecule has 0 aliphatic heterocycles. The summed E-state index contributed by atoms with van der Waals surface area (Å²) in [6, 6.07) is 8.61. The van der Waals surface area contributed by atoms with Gasteiger partial charge in [-0.1, -0.05) is 37.0 Å². The molecular formula is C17H19Cl2N3O. The van der Waals surface area contributed by atoms with Crippen LogP contribution in [-0.2, 0) is 0 Å². The lowest BCUT2D eigenvalue weighted by Crippen LogP contribution is -2.26. The number of anilines is 2. The van der Waals surface area contributed by atoms with Crippen molar-refractivity contribution in [2.75, 3.05) is 11.9 Å². The van der Waals surface area contributed by atoms with Crippen LogP contribution in [0.3, 0.4) is 0 Å². The van der Waals surface area contributed by atoms with Gasteiger partial charge in [0.25, 0.3) is 5.91 Å². The molecule has 0 saturated heterocycles. The van der Waals surface area contributed by atoms with Crippen LogP contribution >= 0.6 is 23.2 Å². The molecule has 1 amide bonds. The number of amides is 1. The molecule has 1 heterocycles. The Bertz CT molecular complexity index is 689. The molecule has 0 aliphatic rings. The molecule has 0 unspecified atom stereocenters. The quantitative estimate of drug-likeness (QED) is 0.777. The topological polar surface area (TPSA) is 54.0 Å². The maximum Gasteiger partial charge on any atom is 0.269 e. The summed E-state index contributed by atoms with van der Waals surface area (Å²) in [7, 11) is 0. The lowest BCUT2D eigenvalue weighted by molar-refractivity contribution is 0.0947. The second-order valence-corrected chi connectivity index (χ2v) is 6.46. The highest BCUT2D eigenvalue weighted by Gasteiger charge is 2.09. The fraction of sp³-hybridized carbons (Fsp3) is 0.294. The Morgan fingerprint density at radius 1 is 1.22 bits per heavy atom. The van der Waals surface area contributed by atoms with Gasteiger partial charge in [-0.2, -0.15) is 0 Å². The third-order valence-electron chi connectivity index (χ3n) is 3.21. The van der Waals surface area contributed by atoms with E-state index in [2.05, 4.69) is 29.5 Å². The summed E-state index contributed by atoms with van der Waals surface area (Å²) in [4.78, 5) is 16.2. The summed E-state index contributed by atoms with van der Waals surface area (Å²) in [5, 5.41) is 7.14. The summed E-state index contributed by atoms with van der Waals surface area (Å²) in [5.74, 6) is 0.354. The molecule has 0 fully saturated rings. The maximum absolute atomic E-state index is 12.1. The molecule has 0 spiro atoms. The molecule has 2 rings (SSSR count). The Balaban J connectivity index is 2.07. The Morgan fingerprint density at radius 2 is 2.00 bits per heavy atom. The number of hydrogen-bond acceptors (Lipinski definition) is 3. The van der Waals surface area contributed by atoms with Crippen LogP contribution in [-0.4, -0.2) is 17.4 Å². The number of rotatable bonds is 6. The minimum atomic E-state index is -0.188. The first-order chi connectivity index (χ1) is 11.0. The molecule has 23 heavy (non-hydrogen) atoms. The van der Waals surface area contributed by atoms with Gasteiger partial charge in [0, 0.05) is 23.5 Å². The minimum Gasteiger partial charge on any atom is -0.354 e. The number of nitrogens with one attached hydrogen (secondary N) is 2. The predicted molar refractivity (Wildman–Crippen MR) is 95.8 cm³/mol. The maximum atomic E-state index is 12.1. The molecule has 1 aromatic carbocycles. The molecule has 0 aliphatic carbocycles. The third kappa shape index (κ3) is 5.41. The molecule has 2 aromatic rings. The summed E-state index contributed by atoms with van der Waals surface area (Å²) in [5.41, 5.74) is 1.76. The van der Waals surface area contributed by atoms with Crippen molar-refractivity contribution in [1.82, 2.24) is 10.3 Å². The highest BCUT2D eigenvalue weighted by Crippen LogP contribution is 2.28. The zero-order valence-corrected chi connectivity index (χ0v) is 14.6. The van der Waals surface area contributed by atoms with Crippen molar-refractivity contribution in [3.8, 4) is 0 Å². The van der Waals surface area contributed by atoms with Crippen LogP contribution < -0.4 is 10.6 Å². The van der Waals surface area contributed by atoms with E-state index in [0.29, 0.717) is 33.9 Å². The first-order valence-corrected chi connectivity index (χ1v) is 8.17. The van der Waals surface area contributed by atoms with Crippen molar-refractivity contribution >= 4 is 40.5 Å². The van der Waals surface area contributed by atoms with E-state index in [1.54, 1.807) is 36.5 Å². The summed E-state index contributed by atoms with van der Waals surface area (Å²) in [6.07, 6.45) is 2.51. The monoisotopic (exact) mass is 351 g/mol. The lowest BCUT2D eigenvalue weighted by atomic mass is 10.1. The number of carbonyl (C=O) groups is 1. The Labute approximate surface area is 146 Å². The van der Waals surface area contributed by atoms with Crippen LogP contribution in [0.2, 0.25) is 10.0 Å². The average Bonchev–Trinajstić information content (AvgIpc) is 2.51. The fourth-order valence-corrected chi connectivity index (χ4v) is 2.28. The Hall–Kier alpha value is -1.78. The lowest BCUT2D eigenvalue weighted by Gasteiger charge is -2.10. The zero-order chi connectivity index (χ0) is 16.8. The smallest absolute Gasteiger partial charge is 0.269 e. The normalized spacial score (nSPS) is 10.7. The highest BCUT2D eigenvalue weighted by atomic mass is 35.5. The van der Waals surface area contributed by atoms with Gasteiger partial charge in [-0.15, -0.1) is 0 Å². The third-order valence-corrected chi connectivity index (χ3v) is 3.77. The molecule has 4 nitrogen and oxygen atoms in total. The molecule has 0 atom stereocenters. The van der Waals surface area contributed by atoms with Crippen LogP contribution in [0.25, 0.3) is 0 Å². The van der Waals surface area contributed by atoms with Crippen molar-refractivity contribution in [2.24, 2.45) is 5.92 Å². The minimum absolute atomic E-state index is 0.188. The first kappa shape index (κ1) is 17.6. The molecule has 6 heteroatoms. The Morgan fingerprint density at radius 3 is 2.74 bits per heavy atom. The van der Waals surface area contributed by atoms with Gasteiger partial charge in [0.2, 0.25) is 0 Å².